The molecule has 0 spiro atoms. The summed E-state index contributed by atoms with van der Waals surface area (Å²) in [5, 5.41) is 7.02. The first kappa shape index (κ1) is 15.9. The topological polar surface area (TPSA) is 54.0 Å². The van der Waals surface area contributed by atoms with Gasteiger partial charge in [0.05, 0.1) is 6.04 Å². The molecule has 0 radical (unpaired) electrons. The molecule has 2 N–H and O–H groups in total. The third kappa shape index (κ3) is 3.34. The molecule has 1 atom stereocenters. The van der Waals surface area contributed by atoms with Crippen LogP contribution in [0.3, 0.4) is 0 Å². The predicted octanol–water partition coefficient (Wildman–Crippen LogP) is 2.77. The Morgan fingerprint density at radius 3 is 3.09 bits per heavy atom. The highest BCUT2D eigenvalue weighted by atomic mass is 19.1. The number of piperidine rings is 1. The van der Waals surface area contributed by atoms with Gasteiger partial charge in [-0.2, -0.15) is 0 Å². The van der Waals surface area contributed by atoms with E-state index in [2.05, 4.69) is 29.5 Å². The fraction of sp³-hybridized carbons (Fsp3) is 0.444. The standard InChI is InChI=1S/C18H22FN3O/c1-18(2)7-4-8-20-16(18)17(23)22-11-12-9-13-5-3-6-14(19)15(13)21-10-12/h3,5-6,9-10,16,20H,4,7-8,11H2,1-2H3,(H,22,23). The van der Waals surface area contributed by atoms with Crippen molar-refractivity contribution in [1.29, 1.82) is 0 Å². The molecule has 1 fully saturated rings. The number of hydrogen-bond donors (Lipinski definition) is 2. The fourth-order valence-electron chi connectivity index (χ4n) is 3.22. The number of carbonyl (C=O) groups is 1. The average Bonchev–Trinajstić information content (AvgIpc) is 2.52. The summed E-state index contributed by atoms with van der Waals surface area (Å²) < 4.78 is 13.6. The van der Waals surface area contributed by atoms with Gasteiger partial charge in [-0.1, -0.05) is 26.0 Å². The molecule has 1 aliphatic rings. The van der Waals surface area contributed by atoms with Crippen LogP contribution >= 0.6 is 0 Å². The summed E-state index contributed by atoms with van der Waals surface area (Å²) in [6.45, 7) is 5.50. The lowest BCUT2D eigenvalue weighted by molar-refractivity contribution is -0.126. The predicted molar refractivity (Wildman–Crippen MR) is 88.4 cm³/mol. The van der Waals surface area contributed by atoms with E-state index in [0.29, 0.717) is 12.1 Å². The Bertz CT molecular complexity index is 729. The van der Waals surface area contributed by atoms with E-state index in [1.54, 1.807) is 12.3 Å². The maximum Gasteiger partial charge on any atom is 0.237 e. The number of pyridine rings is 1. The summed E-state index contributed by atoms with van der Waals surface area (Å²) >= 11 is 0. The number of rotatable bonds is 3. The van der Waals surface area contributed by atoms with Crippen LogP contribution in [-0.4, -0.2) is 23.5 Å². The molecular weight excluding hydrogens is 293 g/mol. The van der Waals surface area contributed by atoms with Crippen molar-refractivity contribution in [2.24, 2.45) is 5.41 Å². The Morgan fingerprint density at radius 2 is 2.30 bits per heavy atom. The smallest absolute Gasteiger partial charge is 0.237 e. The molecule has 4 nitrogen and oxygen atoms in total. The van der Waals surface area contributed by atoms with Crippen LogP contribution in [0.25, 0.3) is 10.9 Å². The zero-order valence-electron chi connectivity index (χ0n) is 13.5. The second kappa shape index (κ2) is 6.24. The van der Waals surface area contributed by atoms with Crippen molar-refractivity contribution in [2.75, 3.05) is 6.54 Å². The van der Waals surface area contributed by atoms with Gasteiger partial charge in [-0.25, -0.2) is 4.39 Å². The molecule has 23 heavy (non-hydrogen) atoms. The van der Waals surface area contributed by atoms with Gasteiger partial charge in [0.15, 0.2) is 0 Å². The van der Waals surface area contributed by atoms with Crippen molar-refractivity contribution in [3.63, 3.8) is 0 Å². The van der Waals surface area contributed by atoms with Crippen LogP contribution in [0.5, 0.6) is 0 Å². The number of para-hydroxylation sites is 1. The second-order valence-electron chi connectivity index (χ2n) is 6.85. The van der Waals surface area contributed by atoms with E-state index >= 15 is 0 Å². The Labute approximate surface area is 135 Å². The summed E-state index contributed by atoms with van der Waals surface area (Å²) in [5.74, 6) is -0.319. The van der Waals surface area contributed by atoms with Gasteiger partial charge >= 0.3 is 0 Å². The molecule has 2 heterocycles. The van der Waals surface area contributed by atoms with Crippen molar-refractivity contribution in [2.45, 2.75) is 39.3 Å². The van der Waals surface area contributed by atoms with E-state index in [0.717, 1.165) is 30.3 Å². The van der Waals surface area contributed by atoms with Crippen LogP contribution in [0.2, 0.25) is 0 Å². The van der Waals surface area contributed by atoms with Gasteiger partial charge in [0.1, 0.15) is 11.3 Å². The molecule has 0 aliphatic carbocycles. The minimum Gasteiger partial charge on any atom is -0.351 e. The molecule has 1 saturated heterocycles. The Morgan fingerprint density at radius 1 is 1.48 bits per heavy atom. The van der Waals surface area contributed by atoms with Crippen LogP contribution in [0.1, 0.15) is 32.3 Å². The zero-order chi connectivity index (χ0) is 16.4. The SMILES string of the molecule is CC1(C)CCCNC1C(=O)NCc1cnc2c(F)cccc2c1. The number of hydrogen-bond acceptors (Lipinski definition) is 3. The summed E-state index contributed by atoms with van der Waals surface area (Å²) in [6, 6.07) is 6.57. The Kier molecular flexibility index (Phi) is 4.31. The lowest BCUT2D eigenvalue weighted by Gasteiger charge is -2.38. The summed E-state index contributed by atoms with van der Waals surface area (Å²) in [4.78, 5) is 16.6. The minimum absolute atomic E-state index is 0.00837. The van der Waals surface area contributed by atoms with Crippen LogP contribution in [0.15, 0.2) is 30.5 Å². The fourth-order valence-corrected chi connectivity index (χ4v) is 3.22. The van der Waals surface area contributed by atoms with Crippen LogP contribution in [-0.2, 0) is 11.3 Å². The molecule has 1 amide bonds. The van der Waals surface area contributed by atoms with E-state index in [9.17, 15) is 9.18 Å². The van der Waals surface area contributed by atoms with Crippen molar-refractivity contribution < 1.29 is 9.18 Å². The molecule has 5 heteroatoms. The van der Waals surface area contributed by atoms with Crippen molar-refractivity contribution in [1.82, 2.24) is 15.6 Å². The molecule has 2 aromatic rings. The van der Waals surface area contributed by atoms with Crippen LogP contribution < -0.4 is 10.6 Å². The highest BCUT2D eigenvalue weighted by Crippen LogP contribution is 2.30. The maximum atomic E-state index is 13.6. The van der Waals surface area contributed by atoms with Gasteiger partial charge in [-0.05, 0) is 42.5 Å². The number of nitrogens with zero attached hydrogens (tertiary/aromatic N) is 1. The number of halogens is 1. The third-order valence-electron chi connectivity index (χ3n) is 4.58. The zero-order valence-corrected chi connectivity index (χ0v) is 13.5. The van der Waals surface area contributed by atoms with Gasteiger partial charge in [-0.15, -0.1) is 0 Å². The van der Waals surface area contributed by atoms with Crippen LogP contribution in [0, 0.1) is 11.2 Å². The molecule has 1 aromatic carbocycles. The van der Waals surface area contributed by atoms with E-state index in [1.807, 2.05) is 12.1 Å². The summed E-state index contributed by atoms with van der Waals surface area (Å²) in [7, 11) is 0. The lowest BCUT2D eigenvalue weighted by atomic mass is 9.77. The quantitative estimate of drug-likeness (QED) is 0.916. The molecular formula is C18H22FN3O. The monoisotopic (exact) mass is 315 g/mol. The van der Waals surface area contributed by atoms with Crippen molar-refractivity contribution in [3.05, 3.63) is 41.8 Å². The van der Waals surface area contributed by atoms with E-state index in [1.165, 1.54) is 6.07 Å². The van der Waals surface area contributed by atoms with Crippen molar-refractivity contribution in [3.8, 4) is 0 Å². The third-order valence-corrected chi connectivity index (χ3v) is 4.58. The first-order chi connectivity index (χ1) is 11.0. The molecule has 3 rings (SSSR count). The highest BCUT2D eigenvalue weighted by Gasteiger charge is 2.36. The van der Waals surface area contributed by atoms with Gasteiger partial charge in [0.2, 0.25) is 5.91 Å². The molecule has 1 unspecified atom stereocenters. The first-order valence-electron chi connectivity index (χ1n) is 8.02. The van der Waals surface area contributed by atoms with E-state index in [4.69, 9.17) is 0 Å². The number of benzene rings is 1. The highest BCUT2D eigenvalue weighted by molar-refractivity contribution is 5.83. The minimum atomic E-state index is -0.328. The normalized spacial score (nSPS) is 20.4. The Balaban J connectivity index is 1.69. The van der Waals surface area contributed by atoms with Crippen molar-refractivity contribution >= 4 is 16.8 Å². The molecule has 1 aliphatic heterocycles. The first-order valence-corrected chi connectivity index (χ1v) is 8.02. The number of fused-ring (bicyclic) bond motifs is 1. The molecule has 0 saturated carbocycles. The molecule has 0 bridgehead atoms. The second-order valence-corrected chi connectivity index (χ2v) is 6.85. The van der Waals surface area contributed by atoms with Gasteiger partial charge in [-0.3, -0.25) is 9.78 Å². The molecule has 1 aromatic heterocycles. The molecule has 122 valence electrons. The number of amides is 1. The van der Waals surface area contributed by atoms with Crippen LogP contribution in [0.4, 0.5) is 4.39 Å². The maximum absolute atomic E-state index is 13.6. The Hall–Kier alpha value is -2.01. The lowest BCUT2D eigenvalue weighted by Crippen LogP contribution is -2.55. The largest absolute Gasteiger partial charge is 0.351 e. The summed E-state index contributed by atoms with van der Waals surface area (Å²) in [5.41, 5.74) is 1.18. The van der Waals surface area contributed by atoms with Gasteiger partial charge in [0, 0.05) is 18.1 Å². The average molecular weight is 315 g/mol. The van der Waals surface area contributed by atoms with E-state index in [-0.39, 0.29) is 23.2 Å². The number of aromatic nitrogens is 1. The van der Waals surface area contributed by atoms with Gasteiger partial charge < -0.3 is 10.6 Å². The van der Waals surface area contributed by atoms with Gasteiger partial charge in [0.25, 0.3) is 0 Å². The summed E-state index contributed by atoms with van der Waals surface area (Å²) in [6.07, 6.45) is 3.75. The van der Waals surface area contributed by atoms with E-state index < -0.39 is 0 Å². The number of carbonyl (C=O) groups excluding carboxylic acids is 1. The number of nitrogens with one attached hydrogen (secondary N) is 2.